The summed E-state index contributed by atoms with van der Waals surface area (Å²) < 4.78 is 0. The van der Waals surface area contributed by atoms with E-state index in [4.69, 9.17) is 31.3 Å². The lowest BCUT2D eigenvalue weighted by Crippen LogP contribution is -2.48. The van der Waals surface area contributed by atoms with Gasteiger partial charge in [-0.25, -0.2) is 4.79 Å². The summed E-state index contributed by atoms with van der Waals surface area (Å²) in [6.45, 7) is -1.05. The first-order valence-corrected chi connectivity index (χ1v) is 8.62. The normalized spacial score (nSPS) is 16.2. The summed E-state index contributed by atoms with van der Waals surface area (Å²) in [6.07, 6.45) is -1.64. The summed E-state index contributed by atoms with van der Waals surface area (Å²) in [5.74, 6) is -2.85. The fourth-order valence-corrected chi connectivity index (χ4v) is 2.52. The molecule has 0 radical (unpaired) electrons. The number of hydrogen-bond acceptors (Lipinski definition) is 8. The molecule has 0 saturated carbocycles. The van der Waals surface area contributed by atoms with E-state index in [1.807, 2.05) is 12.1 Å². The van der Waals surface area contributed by atoms with Gasteiger partial charge in [-0.1, -0.05) is 18.2 Å². The van der Waals surface area contributed by atoms with Crippen LogP contribution in [0.25, 0.3) is 10.9 Å². The molecule has 0 aliphatic heterocycles. The van der Waals surface area contributed by atoms with Crippen LogP contribution in [0, 0.1) is 0 Å². The minimum atomic E-state index is -2.23. The number of rotatable bonds is 9. The number of aliphatic hydroxyl groups is 5. The Morgan fingerprint density at radius 2 is 1.62 bits per heavy atom. The molecule has 10 N–H and O–H groups in total. The second kappa shape index (κ2) is 10.9. The number of carboxylic acid groups (broad SMARTS) is 2. The maximum Gasteiger partial charge on any atom is 0.336 e. The zero-order valence-corrected chi connectivity index (χ0v) is 15.5. The Balaban J connectivity index is 0.000000447. The summed E-state index contributed by atoms with van der Waals surface area (Å²) in [6, 6.07) is 5.79. The van der Waals surface area contributed by atoms with Crippen LogP contribution in [0.15, 0.2) is 30.5 Å². The highest BCUT2D eigenvalue weighted by Gasteiger charge is 2.40. The van der Waals surface area contributed by atoms with E-state index in [-0.39, 0.29) is 6.42 Å². The van der Waals surface area contributed by atoms with Gasteiger partial charge in [0.2, 0.25) is 0 Å². The number of aromatic amines is 1. The van der Waals surface area contributed by atoms with Crippen molar-refractivity contribution in [3.8, 4) is 0 Å². The van der Waals surface area contributed by atoms with Crippen LogP contribution in [0.4, 0.5) is 0 Å². The van der Waals surface area contributed by atoms with Gasteiger partial charge < -0.3 is 46.5 Å². The molecular formula is C18H26N2O9. The lowest BCUT2D eigenvalue weighted by Gasteiger charge is -2.24. The van der Waals surface area contributed by atoms with Gasteiger partial charge in [0.25, 0.3) is 0 Å². The Morgan fingerprint density at radius 3 is 2.10 bits per heavy atom. The number of para-hydroxylation sites is 1. The van der Waals surface area contributed by atoms with Crippen LogP contribution in [0.2, 0.25) is 0 Å². The quantitative estimate of drug-likeness (QED) is 0.220. The molecule has 0 aliphatic carbocycles. The minimum absolute atomic E-state index is 0.229. The van der Waals surface area contributed by atoms with Crippen molar-refractivity contribution in [3.63, 3.8) is 0 Å². The Kier molecular flexibility index (Phi) is 9.17. The van der Waals surface area contributed by atoms with Crippen molar-refractivity contribution >= 4 is 22.8 Å². The average molecular weight is 414 g/mol. The number of nitrogens with two attached hydrogens (primary N) is 1. The van der Waals surface area contributed by atoms with Crippen molar-refractivity contribution in [2.45, 2.75) is 36.7 Å². The highest BCUT2D eigenvalue weighted by atomic mass is 16.4. The SMILES string of the molecule is N[C@@H](C[C@@](O)(Cc1c[nH]c2ccccc12)C(=O)O)C(=O)O.OC[C@@H](O)[C@@H](O)CO. The fraction of sp³-hybridized carbons (Fsp3) is 0.444. The van der Waals surface area contributed by atoms with Crippen LogP contribution in [-0.4, -0.2) is 89.7 Å². The summed E-state index contributed by atoms with van der Waals surface area (Å²) in [4.78, 5) is 25.1. The Morgan fingerprint density at radius 1 is 1.07 bits per heavy atom. The van der Waals surface area contributed by atoms with Crippen molar-refractivity contribution in [3.05, 3.63) is 36.0 Å². The number of carboxylic acids is 2. The molecule has 29 heavy (non-hydrogen) atoms. The molecule has 0 unspecified atom stereocenters. The van der Waals surface area contributed by atoms with Gasteiger partial charge in [-0.2, -0.15) is 0 Å². The van der Waals surface area contributed by atoms with Crippen LogP contribution >= 0.6 is 0 Å². The number of H-pyrrole nitrogens is 1. The number of benzene rings is 1. The molecule has 1 aromatic carbocycles. The topological polar surface area (TPSA) is 218 Å². The third-order valence-corrected chi connectivity index (χ3v) is 4.25. The van der Waals surface area contributed by atoms with Crippen molar-refractivity contribution in [1.82, 2.24) is 4.98 Å². The van der Waals surface area contributed by atoms with Crippen molar-refractivity contribution in [2.24, 2.45) is 5.73 Å². The molecule has 0 spiro atoms. The molecule has 0 amide bonds. The van der Waals surface area contributed by atoms with Crippen LogP contribution in [0.3, 0.4) is 0 Å². The third kappa shape index (κ3) is 6.78. The lowest BCUT2D eigenvalue weighted by atomic mass is 9.88. The molecule has 0 saturated heterocycles. The van der Waals surface area contributed by atoms with Gasteiger partial charge in [-0.15, -0.1) is 0 Å². The number of aliphatic hydroxyl groups excluding tert-OH is 4. The molecule has 4 atom stereocenters. The van der Waals surface area contributed by atoms with Crippen molar-refractivity contribution in [1.29, 1.82) is 0 Å². The second-order valence-corrected chi connectivity index (χ2v) is 6.52. The molecule has 162 valence electrons. The van der Waals surface area contributed by atoms with Crippen molar-refractivity contribution < 1.29 is 45.3 Å². The highest BCUT2D eigenvalue weighted by molar-refractivity contribution is 5.85. The van der Waals surface area contributed by atoms with Crippen molar-refractivity contribution in [2.75, 3.05) is 13.2 Å². The number of nitrogens with one attached hydrogen (secondary N) is 1. The summed E-state index contributed by atoms with van der Waals surface area (Å²) in [5.41, 5.74) is 4.52. The Hall–Kier alpha value is -2.54. The van der Waals surface area contributed by atoms with Gasteiger partial charge in [0, 0.05) is 29.9 Å². The Labute approximate surface area is 165 Å². The number of fused-ring (bicyclic) bond motifs is 1. The maximum atomic E-state index is 11.3. The molecule has 11 nitrogen and oxygen atoms in total. The number of aromatic nitrogens is 1. The average Bonchev–Trinajstić information content (AvgIpc) is 3.09. The van der Waals surface area contributed by atoms with E-state index in [2.05, 4.69) is 4.98 Å². The van der Waals surface area contributed by atoms with Gasteiger partial charge in [0.15, 0.2) is 5.60 Å². The van der Waals surface area contributed by atoms with E-state index < -0.39 is 55.4 Å². The van der Waals surface area contributed by atoms with E-state index in [0.717, 1.165) is 10.9 Å². The fourth-order valence-electron chi connectivity index (χ4n) is 2.52. The van der Waals surface area contributed by atoms with Gasteiger partial charge in [-0.3, -0.25) is 4.79 Å². The molecule has 0 aliphatic rings. The molecule has 0 bridgehead atoms. The molecular weight excluding hydrogens is 388 g/mol. The van der Waals surface area contributed by atoms with Gasteiger partial charge >= 0.3 is 11.9 Å². The smallest absolute Gasteiger partial charge is 0.336 e. The predicted molar refractivity (Wildman–Crippen MR) is 101 cm³/mol. The molecule has 11 heteroatoms. The maximum absolute atomic E-state index is 11.3. The van der Waals surface area contributed by atoms with E-state index in [1.165, 1.54) is 0 Å². The number of aliphatic carboxylic acids is 2. The minimum Gasteiger partial charge on any atom is -0.480 e. The first-order chi connectivity index (χ1) is 13.6. The first-order valence-electron chi connectivity index (χ1n) is 8.62. The molecule has 1 aromatic heterocycles. The van der Waals surface area contributed by atoms with E-state index in [0.29, 0.717) is 5.56 Å². The van der Waals surface area contributed by atoms with Crippen LogP contribution in [-0.2, 0) is 16.0 Å². The molecule has 1 heterocycles. The van der Waals surface area contributed by atoms with Gasteiger partial charge in [0.1, 0.15) is 18.2 Å². The highest BCUT2D eigenvalue weighted by Crippen LogP contribution is 2.25. The monoisotopic (exact) mass is 414 g/mol. The largest absolute Gasteiger partial charge is 0.480 e. The van der Waals surface area contributed by atoms with Gasteiger partial charge in [-0.05, 0) is 11.6 Å². The molecule has 2 aromatic rings. The van der Waals surface area contributed by atoms with E-state index >= 15 is 0 Å². The van der Waals surface area contributed by atoms with Gasteiger partial charge in [0.05, 0.1) is 13.2 Å². The van der Waals surface area contributed by atoms with Crippen LogP contribution < -0.4 is 5.73 Å². The number of carbonyl (C=O) groups is 2. The van der Waals surface area contributed by atoms with E-state index in [1.54, 1.807) is 18.3 Å². The summed E-state index contributed by atoms with van der Waals surface area (Å²) in [5, 5.41) is 62.2. The Bertz CT molecular complexity index is 801. The number of hydrogen-bond donors (Lipinski definition) is 9. The van der Waals surface area contributed by atoms with E-state index in [9.17, 15) is 19.8 Å². The predicted octanol–water partition coefficient (Wildman–Crippen LogP) is -1.98. The molecule has 2 rings (SSSR count). The zero-order chi connectivity index (χ0) is 22.2. The zero-order valence-electron chi connectivity index (χ0n) is 15.5. The van der Waals surface area contributed by atoms with Crippen LogP contribution in [0.1, 0.15) is 12.0 Å². The standard InChI is InChI=1S/C14H16N2O5.C4H10O4/c15-10(12(17)18)6-14(21,13(19)20)5-8-7-16-11-4-2-1-3-9(8)11;5-1-3(7)4(8)2-6/h1-4,7,10,16,21H,5-6,15H2,(H,17,18)(H,19,20);3-8H,1-2H2/t10-,14-;3-,4+/m0./s1. The molecule has 0 fully saturated rings. The van der Waals surface area contributed by atoms with Crippen LogP contribution in [0.5, 0.6) is 0 Å². The lowest BCUT2D eigenvalue weighted by molar-refractivity contribution is -0.160. The second-order valence-electron chi connectivity index (χ2n) is 6.52. The first kappa shape index (κ1) is 24.5. The third-order valence-electron chi connectivity index (χ3n) is 4.25. The summed E-state index contributed by atoms with van der Waals surface area (Å²) in [7, 11) is 0. The summed E-state index contributed by atoms with van der Waals surface area (Å²) >= 11 is 0.